The first-order valence-corrected chi connectivity index (χ1v) is 5.77. The first-order valence-electron chi connectivity index (χ1n) is 5.77. The van der Waals surface area contributed by atoms with Gasteiger partial charge in [-0.05, 0) is 18.1 Å². The van der Waals surface area contributed by atoms with Gasteiger partial charge in [0.15, 0.2) is 0 Å². The van der Waals surface area contributed by atoms with E-state index in [0.717, 1.165) is 30.9 Å². The van der Waals surface area contributed by atoms with Gasteiger partial charge in [0, 0.05) is 6.07 Å². The minimum atomic E-state index is 0.599. The van der Waals surface area contributed by atoms with Gasteiger partial charge >= 0.3 is 0 Å². The molecule has 3 nitrogen and oxygen atoms in total. The number of rotatable bonds is 6. The molecule has 1 aromatic rings. The van der Waals surface area contributed by atoms with Gasteiger partial charge in [0.2, 0.25) is 0 Å². The molecule has 0 radical (unpaired) electrons. The summed E-state index contributed by atoms with van der Waals surface area (Å²) in [6, 6.07) is 5.50. The van der Waals surface area contributed by atoms with Gasteiger partial charge < -0.3 is 15.2 Å². The average molecular weight is 223 g/mol. The molecule has 0 aromatic heterocycles. The summed E-state index contributed by atoms with van der Waals surface area (Å²) in [5.41, 5.74) is 6.49. The maximum atomic E-state index is 5.86. The standard InChI is InChI=1S/C13H21NO2/c1-4-10(5-2)9-16-13-7-6-11(15-3)8-12(13)14/h6-8,10H,4-5,9,14H2,1-3H3. The Balaban J connectivity index is 2.60. The molecule has 90 valence electrons. The normalized spacial score (nSPS) is 10.5. The quantitative estimate of drug-likeness (QED) is 0.754. The van der Waals surface area contributed by atoms with Crippen LogP contribution >= 0.6 is 0 Å². The van der Waals surface area contributed by atoms with Crippen LogP contribution in [0.1, 0.15) is 26.7 Å². The van der Waals surface area contributed by atoms with Gasteiger partial charge in [0.25, 0.3) is 0 Å². The van der Waals surface area contributed by atoms with Crippen LogP contribution in [0.3, 0.4) is 0 Å². The lowest BCUT2D eigenvalue weighted by molar-refractivity contribution is 0.241. The van der Waals surface area contributed by atoms with Gasteiger partial charge in [-0.3, -0.25) is 0 Å². The molecule has 2 N–H and O–H groups in total. The zero-order valence-corrected chi connectivity index (χ0v) is 10.3. The van der Waals surface area contributed by atoms with Crippen molar-refractivity contribution in [3.8, 4) is 11.5 Å². The van der Waals surface area contributed by atoms with Crippen molar-refractivity contribution < 1.29 is 9.47 Å². The predicted octanol–water partition coefficient (Wildman–Crippen LogP) is 3.09. The molecule has 3 heteroatoms. The summed E-state index contributed by atoms with van der Waals surface area (Å²) >= 11 is 0. The number of benzene rings is 1. The lowest BCUT2D eigenvalue weighted by Gasteiger charge is -2.15. The van der Waals surface area contributed by atoms with Gasteiger partial charge in [-0.2, -0.15) is 0 Å². The zero-order valence-electron chi connectivity index (χ0n) is 10.3. The van der Waals surface area contributed by atoms with E-state index in [1.165, 1.54) is 0 Å². The molecule has 1 aromatic carbocycles. The SMILES string of the molecule is CCC(CC)COc1ccc(OC)cc1N. The van der Waals surface area contributed by atoms with Crippen LogP contribution in [0.2, 0.25) is 0 Å². The van der Waals surface area contributed by atoms with E-state index in [-0.39, 0.29) is 0 Å². The van der Waals surface area contributed by atoms with Crippen molar-refractivity contribution in [3.63, 3.8) is 0 Å². The van der Waals surface area contributed by atoms with Crippen molar-refractivity contribution >= 4 is 5.69 Å². The lowest BCUT2D eigenvalue weighted by atomic mass is 10.1. The highest BCUT2D eigenvalue weighted by Gasteiger charge is 2.07. The van der Waals surface area contributed by atoms with Gasteiger partial charge in [-0.15, -0.1) is 0 Å². The third kappa shape index (κ3) is 3.33. The van der Waals surface area contributed by atoms with Crippen LogP contribution in [-0.4, -0.2) is 13.7 Å². The molecule has 0 aliphatic carbocycles. The fraction of sp³-hybridized carbons (Fsp3) is 0.538. The Labute approximate surface area is 97.6 Å². The van der Waals surface area contributed by atoms with Crippen LogP contribution in [0.5, 0.6) is 11.5 Å². The molecule has 0 unspecified atom stereocenters. The number of nitrogen functional groups attached to an aromatic ring is 1. The van der Waals surface area contributed by atoms with Crippen molar-refractivity contribution in [2.24, 2.45) is 5.92 Å². The Hall–Kier alpha value is -1.38. The highest BCUT2D eigenvalue weighted by atomic mass is 16.5. The topological polar surface area (TPSA) is 44.5 Å². The van der Waals surface area contributed by atoms with E-state index >= 15 is 0 Å². The second kappa shape index (κ2) is 6.26. The Morgan fingerprint density at radius 1 is 1.25 bits per heavy atom. The average Bonchev–Trinajstić information content (AvgIpc) is 2.32. The van der Waals surface area contributed by atoms with Crippen LogP contribution in [0, 0.1) is 5.92 Å². The number of nitrogens with two attached hydrogens (primary N) is 1. The molecule has 0 bridgehead atoms. The summed E-state index contributed by atoms with van der Waals surface area (Å²) in [6.45, 7) is 5.08. The molecular weight excluding hydrogens is 202 g/mol. The van der Waals surface area contributed by atoms with Crippen LogP contribution in [-0.2, 0) is 0 Å². The summed E-state index contributed by atoms with van der Waals surface area (Å²) in [6.07, 6.45) is 2.26. The van der Waals surface area contributed by atoms with E-state index < -0.39 is 0 Å². The smallest absolute Gasteiger partial charge is 0.142 e. The van der Waals surface area contributed by atoms with E-state index in [1.807, 2.05) is 12.1 Å². The molecule has 0 heterocycles. The highest BCUT2D eigenvalue weighted by Crippen LogP contribution is 2.26. The van der Waals surface area contributed by atoms with E-state index in [9.17, 15) is 0 Å². The summed E-state index contributed by atoms with van der Waals surface area (Å²) < 4.78 is 10.8. The number of methoxy groups -OCH3 is 1. The van der Waals surface area contributed by atoms with E-state index in [2.05, 4.69) is 13.8 Å². The van der Waals surface area contributed by atoms with Crippen molar-refractivity contribution in [1.29, 1.82) is 0 Å². The largest absolute Gasteiger partial charge is 0.497 e. The van der Waals surface area contributed by atoms with E-state index in [0.29, 0.717) is 11.6 Å². The Morgan fingerprint density at radius 3 is 2.44 bits per heavy atom. The first-order chi connectivity index (χ1) is 7.71. The molecule has 0 saturated carbocycles. The molecule has 0 spiro atoms. The number of ether oxygens (including phenoxy) is 2. The highest BCUT2D eigenvalue weighted by molar-refractivity contribution is 5.56. The second-order valence-electron chi connectivity index (χ2n) is 3.90. The van der Waals surface area contributed by atoms with Crippen LogP contribution in [0.4, 0.5) is 5.69 Å². The van der Waals surface area contributed by atoms with Gasteiger partial charge in [-0.25, -0.2) is 0 Å². The molecule has 0 fully saturated rings. The van der Waals surface area contributed by atoms with E-state index in [4.69, 9.17) is 15.2 Å². The summed E-state index contributed by atoms with van der Waals surface area (Å²) in [4.78, 5) is 0. The van der Waals surface area contributed by atoms with Crippen molar-refractivity contribution in [2.45, 2.75) is 26.7 Å². The van der Waals surface area contributed by atoms with Crippen LogP contribution < -0.4 is 15.2 Å². The van der Waals surface area contributed by atoms with Crippen LogP contribution in [0.25, 0.3) is 0 Å². The number of hydrogen-bond acceptors (Lipinski definition) is 3. The molecule has 0 saturated heterocycles. The maximum absolute atomic E-state index is 5.86. The van der Waals surface area contributed by atoms with Gasteiger partial charge in [0.05, 0.1) is 19.4 Å². The minimum absolute atomic E-state index is 0.599. The fourth-order valence-electron chi connectivity index (χ4n) is 1.52. The Bertz CT molecular complexity index is 322. The second-order valence-corrected chi connectivity index (χ2v) is 3.90. The predicted molar refractivity (Wildman–Crippen MR) is 67.0 cm³/mol. The fourth-order valence-corrected chi connectivity index (χ4v) is 1.52. The van der Waals surface area contributed by atoms with Crippen molar-refractivity contribution in [2.75, 3.05) is 19.5 Å². The zero-order chi connectivity index (χ0) is 12.0. The lowest BCUT2D eigenvalue weighted by Crippen LogP contribution is -2.11. The summed E-state index contributed by atoms with van der Waals surface area (Å²) in [5, 5.41) is 0. The molecule has 0 atom stereocenters. The van der Waals surface area contributed by atoms with Crippen molar-refractivity contribution in [3.05, 3.63) is 18.2 Å². The minimum Gasteiger partial charge on any atom is -0.497 e. The summed E-state index contributed by atoms with van der Waals surface area (Å²) in [5.74, 6) is 2.10. The summed E-state index contributed by atoms with van der Waals surface area (Å²) in [7, 11) is 1.62. The molecule has 0 amide bonds. The molecule has 0 aliphatic heterocycles. The van der Waals surface area contributed by atoms with Crippen molar-refractivity contribution in [1.82, 2.24) is 0 Å². The first kappa shape index (κ1) is 12.7. The monoisotopic (exact) mass is 223 g/mol. The molecule has 16 heavy (non-hydrogen) atoms. The van der Waals surface area contributed by atoms with Gasteiger partial charge in [0.1, 0.15) is 11.5 Å². The van der Waals surface area contributed by atoms with Gasteiger partial charge in [-0.1, -0.05) is 26.7 Å². The van der Waals surface area contributed by atoms with E-state index in [1.54, 1.807) is 13.2 Å². The Kier molecular flexibility index (Phi) is 4.96. The number of anilines is 1. The molecule has 0 aliphatic rings. The number of hydrogen-bond donors (Lipinski definition) is 1. The van der Waals surface area contributed by atoms with Crippen LogP contribution in [0.15, 0.2) is 18.2 Å². The maximum Gasteiger partial charge on any atom is 0.142 e. The molecular formula is C13H21NO2. The molecule has 1 rings (SSSR count). The Morgan fingerprint density at radius 2 is 1.94 bits per heavy atom. The third-order valence-corrected chi connectivity index (χ3v) is 2.85. The third-order valence-electron chi connectivity index (χ3n) is 2.85.